The van der Waals surface area contributed by atoms with Gasteiger partial charge in [-0.15, -0.1) is 5.73 Å². The molecule has 0 aromatic rings. The highest BCUT2D eigenvalue weighted by atomic mass is 16.3. The molecule has 0 rings (SSSR count). The Hall–Kier alpha value is -0.780. The van der Waals surface area contributed by atoms with Crippen LogP contribution in [0.4, 0.5) is 0 Å². The number of rotatable bonds is 3. The van der Waals surface area contributed by atoms with Gasteiger partial charge in [0.25, 0.3) is 0 Å². The number of aliphatic hydroxyl groups is 1. The minimum atomic E-state index is -0.553. The Balaban J connectivity index is 4.32. The first-order valence-corrected chi connectivity index (χ1v) is 3.35. The van der Waals surface area contributed by atoms with Crippen molar-refractivity contribution in [3.63, 3.8) is 0 Å². The minimum absolute atomic E-state index is 0.553. The first-order valence-electron chi connectivity index (χ1n) is 3.35. The molecule has 0 saturated heterocycles. The fourth-order valence-corrected chi connectivity index (χ4v) is 0.712. The van der Waals surface area contributed by atoms with Crippen LogP contribution in [0.15, 0.2) is 30.0 Å². The average molecular weight is 138 g/mol. The van der Waals surface area contributed by atoms with Crippen molar-refractivity contribution in [3.8, 4) is 0 Å². The highest BCUT2D eigenvalue weighted by Crippen LogP contribution is 2.11. The van der Waals surface area contributed by atoms with Crippen molar-refractivity contribution in [1.29, 1.82) is 0 Å². The van der Waals surface area contributed by atoms with E-state index in [1.807, 2.05) is 6.92 Å². The van der Waals surface area contributed by atoms with E-state index in [2.05, 4.69) is 18.9 Å². The Morgan fingerprint density at radius 3 is 2.30 bits per heavy atom. The van der Waals surface area contributed by atoms with Crippen molar-refractivity contribution in [2.24, 2.45) is 0 Å². The molecule has 0 aliphatic carbocycles. The van der Waals surface area contributed by atoms with Crippen molar-refractivity contribution in [2.45, 2.75) is 26.4 Å². The van der Waals surface area contributed by atoms with Gasteiger partial charge in [-0.1, -0.05) is 20.1 Å². The highest BCUT2D eigenvalue weighted by molar-refractivity contribution is 5.17. The van der Waals surface area contributed by atoms with Crippen LogP contribution in [0, 0.1) is 0 Å². The van der Waals surface area contributed by atoms with E-state index in [0.29, 0.717) is 0 Å². The maximum atomic E-state index is 9.35. The fraction of sp³-hybridized carbons (Fsp3) is 0.444. The zero-order chi connectivity index (χ0) is 8.15. The minimum Gasteiger partial charge on any atom is -0.384 e. The van der Waals surface area contributed by atoms with Gasteiger partial charge in [0.15, 0.2) is 0 Å². The van der Waals surface area contributed by atoms with Crippen molar-refractivity contribution in [3.05, 3.63) is 30.0 Å². The van der Waals surface area contributed by atoms with Gasteiger partial charge in [0.1, 0.15) is 6.10 Å². The summed E-state index contributed by atoms with van der Waals surface area (Å²) in [5.41, 5.74) is 4.24. The molecule has 0 aliphatic heterocycles. The maximum Gasteiger partial charge on any atom is 0.103 e. The van der Waals surface area contributed by atoms with Crippen LogP contribution in [-0.2, 0) is 0 Å². The van der Waals surface area contributed by atoms with Gasteiger partial charge in [-0.2, -0.15) is 0 Å². The molecule has 0 aromatic heterocycles. The van der Waals surface area contributed by atoms with E-state index in [4.69, 9.17) is 0 Å². The monoisotopic (exact) mass is 138 g/mol. The molecule has 0 fully saturated rings. The topological polar surface area (TPSA) is 20.2 Å². The molecule has 1 atom stereocenters. The van der Waals surface area contributed by atoms with Gasteiger partial charge in [-0.3, -0.25) is 0 Å². The van der Waals surface area contributed by atoms with Crippen LogP contribution < -0.4 is 0 Å². The second-order valence-electron chi connectivity index (χ2n) is 2.30. The molecular weight excluding hydrogens is 124 g/mol. The summed E-state index contributed by atoms with van der Waals surface area (Å²) in [6, 6.07) is 0. The zero-order valence-corrected chi connectivity index (χ0v) is 6.65. The van der Waals surface area contributed by atoms with Crippen molar-refractivity contribution in [2.75, 3.05) is 0 Å². The van der Waals surface area contributed by atoms with Crippen LogP contribution >= 0.6 is 0 Å². The standard InChI is InChI=1S/C9H14O/c1-5-8(6-2)9(10)7(3)4/h9-10H,1,3,6H2,2,4H3. The molecule has 1 heteroatoms. The third-order valence-corrected chi connectivity index (χ3v) is 1.40. The Morgan fingerprint density at radius 1 is 1.70 bits per heavy atom. The smallest absolute Gasteiger partial charge is 0.103 e. The summed E-state index contributed by atoms with van der Waals surface area (Å²) in [5, 5.41) is 9.35. The fourth-order valence-electron chi connectivity index (χ4n) is 0.712. The molecule has 0 radical (unpaired) electrons. The van der Waals surface area contributed by atoms with E-state index >= 15 is 0 Å². The summed E-state index contributed by atoms with van der Waals surface area (Å²) >= 11 is 0. The van der Waals surface area contributed by atoms with Gasteiger partial charge in [0, 0.05) is 5.57 Å². The first-order chi connectivity index (χ1) is 4.63. The van der Waals surface area contributed by atoms with Crippen molar-refractivity contribution >= 4 is 0 Å². The van der Waals surface area contributed by atoms with Crippen LogP contribution in [0.3, 0.4) is 0 Å². The summed E-state index contributed by atoms with van der Waals surface area (Å²) in [6.45, 7) is 10.9. The van der Waals surface area contributed by atoms with Crippen LogP contribution in [-0.4, -0.2) is 11.2 Å². The molecular formula is C9H14O. The van der Waals surface area contributed by atoms with E-state index in [1.165, 1.54) is 0 Å². The Morgan fingerprint density at radius 2 is 2.20 bits per heavy atom. The quantitative estimate of drug-likeness (QED) is 0.467. The number of hydrogen-bond acceptors (Lipinski definition) is 1. The van der Waals surface area contributed by atoms with E-state index in [1.54, 1.807) is 6.92 Å². The Labute approximate surface area is 62.4 Å². The van der Waals surface area contributed by atoms with Crippen LogP contribution in [0.2, 0.25) is 0 Å². The van der Waals surface area contributed by atoms with E-state index in [-0.39, 0.29) is 0 Å². The Bertz CT molecular complexity index is 173. The lowest BCUT2D eigenvalue weighted by molar-refractivity contribution is 0.244. The zero-order valence-electron chi connectivity index (χ0n) is 6.65. The summed E-state index contributed by atoms with van der Waals surface area (Å²) < 4.78 is 0. The van der Waals surface area contributed by atoms with Gasteiger partial charge in [0.05, 0.1) is 0 Å². The van der Waals surface area contributed by atoms with Gasteiger partial charge < -0.3 is 5.11 Å². The van der Waals surface area contributed by atoms with E-state index in [9.17, 15) is 5.11 Å². The van der Waals surface area contributed by atoms with E-state index < -0.39 is 6.10 Å². The average Bonchev–Trinajstić information content (AvgIpc) is 1.90. The molecule has 0 spiro atoms. The maximum absolute atomic E-state index is 9.35. The van der Waals surface area contributed by atoms with E-state index in [0.717, 1.165) is 17.6 Å². The van der Waals surface area contributed by atoms with Crippen LogP contribution in [0.25, 0.3) is 0 Å². The normalized spacial score (nSPS) is 11.9. The predicted molar refractivity (Wildman–Crippen MR) is 43.8 cm³/mol. The lowest BCUT2D eigenvalue weighted by Gasteiger charge is -2.09. The molecule has 0 aliphatic rings. The highest BCUT2D eigenvalue weighted by Gasteiger charge is 2.07. The van der Waals surface area contributed by atoms with Crippen molar-refractivity contribution < 1.29 is 5.11 Å². The van der Waals surface area contributed by atoms with Gasteiger partial charge in [-0.05, 0) is 18.9 Å². The lowest BCUT2D eigenvalue weighted by Crippen LogP contribution is -2.09. The number of hydrogen-bond donors (Lipinski definition) is 1. The summed E-state index contributed by atoms with van der Waals surface area (Å²) in [5.74, 6) is 0. The molecule has 1 nitrogen and oxygen atoms in total. The SMILES string of the molecule is C=C=C(CC)C(O)C(=C)C. The second-order valence-corrected chi connectivity index (χ2v) is 2.30. The Kier molecular flexibility index (Phi) is 3.78. The molecule has 0 amide bonds. The summed E-state index contributed by atoms with van der Waals surface area (Å²) in [6.07, 6.45) is 0.222. The molecule has 0 heterocycles. The first kappa shape index (κ1) is 9.22. The summed E-state index contributed by atoms with van der Waals surface area (Å²) in [4.78, 5) is 0. The largest absolute Gasteiger partial charge is 0.384 e. The molecule has 1 N–H and O–H groups in total. The summed E-state index contributed by atoms with van der Waals surface area (Å²) in [7, 11) is 0. The third kappa shape index (κ3) is 2.22. The van der Waals surface area contributed by atoms with Crippen molar-refractivity contribution in [1.82, 2.24) is 0 Å². The van der Waals surface area contributed by atoms with Crippen LogP contribution in [0.1, 0.15) is 20.3 Å². The predicted octanol–water partition coefficient (Wildman–Crippen LogP) is 2.04. The molecule has 1 unspecified atom stereocenters. The third-order valence-electron chi connectivity index (χ3n) is 1.40. The van der Waals surface area contributed by atoms with Gasteiger partial charge in [0.2, 0.25) is 0 Å². The van der Waals surface area contributed by atoms with Crippen LogP contribution in [0.5, 0.6) is 0 Å². The van der Waals surface area contributed by atoms with Gasteiger partial charge in [-0.25, -0.2) is 0 Å². The van der Waals surface area contributed by atoms with Gasteiger partial charge >= 0.3 is 0 Å². The lowest BCUT2D eigenvalue weighted by atomic mass is 10.0. The molecule has 56 valence electrons. The molecule has 0 bridgehead atoms. The second kappa shape index (κ2) is 4.10. The molecule has 10 heavy (non-hydrogen) atoms. The molecule has 0 aromatic carbocycles. The molecule has 0 saturated carbocycles. The number of aliphatic hydroxyl groups excluding tert-OH is 1.